The van der Waals surface area contributed by atoms with Crippen molar-refractivity contribution >= 4 is 11.8 Å². The van der Waals surface area contributed by atoms with Crippen molar-refractivity contribution in [1.82, 2.24) is 4.98 Å². The van der Waals surface area contributed by atoms with Crippen LogP contribution < -0.4 is 4.90 Å². The molecular formula is C13H19FN2O4. The predicted octanol–water partition coefficient (Wildman–Crippen LogP) is 1.41. The topological polar surface area (TPSA) is 71.9 Å². The van der Waals surface area contributed by atoms with Gasteiger partial charge in [0.1, 0.15) is 17.2 Å². The highest BCUT2D eigenvalue weighted by Crippen LogP contribution is 2.19. The van der Waals surface area contributed by atoms with Crippen molar-refractivity contribution in [2.24, 2.45) is 0 Å². The van der Waals surface area contributed by atoms with Gasteiger partial charge in [-0.1, -0.05) is 0 Å². The van der Waals surface area contributed by atoms with E-state index in [0.717, 1.165) is 12.3 Å². The van der Waals surface area contributed by atoms with E-state index in [2.05, 4.69) is 4.98 Å². The van der Waals surface area contributed by atoms with Gasteiger partial charge in [0.05, 0.1) is 12.8 Å². The Hall–Kier alpha value is -1.73. The van der Waals surface area contributed by atoms with Crippen LogP contribution >= 0.6 is 0 Å². The molecule has 0 saturated carbocycles. The molecule has 0 aliphatic carbocycles. The van der Waals surface area contributed by atoms with Crippen LogP contribution in [0.3, 0.4) is 0 Å². The number of halogens is 1. The van der Waals surface area contributed by atoms with Crippen LogP contribution in [0.2, 0.25) is 0 Å². The summed E-state index contributed by atoms with van der Waals surface area (Å²) < 4.78 is 23.1. The molecule has 0 aromatic carbocycles. The number of aromatic carboxylic acids is 1. The van der Waals surface area contributed by atoms with Crippen LogP contribution in [0, 0.1) is 5.82 Å². The molecule has 0 atom stereocenters. The molecule has 6 nitrogen and oxygen atoms in total. The molecule has 20 heavy (non-hydrogen) atoms. The molecule has 1 aromatic rings. The average Bonchev–Trinajstić information content (AvgIpc) is 2.43. The van der Waals surface area contributed by atoms with E-state index < -0.39 is 11.8 Å². The fraction of sp³-hybridized carbons (Fsp3) is 0.538. The number of rotatable bonds is 9. The van der Waals surface area contributed by atoms with Gasteiger partial charge in [0.15, 0.2) is 0 Å². The second-order valence-corrected chi connectivity index (χ2v) is 4.16. The summed E-state index contributed by atoms with van der Waals surface area (Å²) in [6, 6.07) is 0.973. The Morgan fingerprint density at radius 1 is 1.35 bits per heavy atom. The predicted molar refractivity (Wildman–Crippen MR) is 71.7 cm³/mol. The van der Waals surface area contributed by atoms with Gasteiger partial charge in [0, 0.05) is 33.9 Å². The minimum absolute atomic E-state index is 0.154. The van der Waals surface area contributed by atoms with E-state index in [1.54, 1.807) is 19.1 Å². The Morgan fingerprint density at radius 2 is 2.05 bits per heavy atom. The van der Waals surface area contributed by atoms with Gasteiger partial charge >= 0.3 is 5.97 Å². The van der Waals surface area contributed by atoms with Crippen LogP contribution in [0.1, 0.15) is 16.8 Å². The maximum absolute atomic E-state index is 13.1. The van der Waals surface area contributed by atoms with E-state index in [0.29, 0.717) is 32.7 Å². The summed E-state index contributed by atoms with van der Waals surface area (Å²) in [5.74, 6) is -1.64. The van der Waals surface area contributed by atoms with Crippen LogP contribution in [-0.4, -0.2) is 56.6 Å². The summed E-state index contributed by atoms with van der Waals surface area (Å²) >= 11 is 0. The molecule has 0 aliphatic heterocycles. The zero-order valence-corrected chi connectivity index (χ0v) is 11.6. The van der Waals surface area contributed by atoms with Gasteiger partial charge in [-0.3, -0.25) is 0 Å². The fourth-order valence-corrected chi connectivity index (χ4v) is 1.77. The Morgan fingerprint density at radius 3 is 2.65 bits per heavy atom. The lowest BCUT2D eigenvalue weighted by molar-refractivity contribution is 0.0696. The molecule has 1 N–H and O–H groups in total. The SMILES string of the molecule is COCCCN(CCOC)c1ncc(F)cc1C(=O)O. The van der Waals surface area contributed by atoms with Gasteiger partial charge in [-0.25, -0.2) is 14.2 Å². The Labute approximate surface area is 117 Å². The number of methoxy groups -OCH3 is 2. The highest BCUT2D eigenvalue weighted by atomic mass is 19.1. The molecule has 0 amide bonds. The van der Waals surface area contributed by atoms with Gasteiger partial charge in [-0.2, -0.15) is 0 Å². The maximum atomic E-state index is 13.1. The third kappa shape index (κ3) is 4.75. The normalized spacial score (nSPS) is 10.6. The number of carbonyl (C=O) groups is 1. The van der Waals surface area contributed by atoms with Crippen LogP contribution in [0.5, 0.6) is 0 Å². The summed E-state index contributed by atoms with van der Waals surface area (Å²) in [5, 5.41) is 9.15. The molecule has 0 bridgehead atoms. The van der Waals surface area contributed by atoms with Crippen LogP contribution in [0.15, 0.2) is 12.3 Å². The minimum atomic E-state index is -1.21. The number of aromatic nitrogens is 1. The fourth-order valence-electron chi connectivity index (χ4n) is 1.77. The molecule has 7 heteroatoms. The monoisotopic (exact) mass is 286 g/mol. The van der Waals surface area contributed by atoms with Crippen molar-refractivity contribution in [2.75, 3.05) is 45.4 Å². The van der Waals surface area contributed by atoms with E-state index in [1.807, 2.05) is 0 Å². The van der Waals surface area contributed by atoms with Crippen molar-refractivity contribution in [1.29, 1.82) is 0 Å². The first kappa shape index (κ1) is 16.3. The summed E-state index contributed by atoms with van der Waals surface area (Å²) in [5.41, 5.74) is -0.154. The van der Waals surface area contributed by atoms with Crippen molar-refractivity contribution in [2.45, 2.75) is 6.42 Å². The lowest BCUT2D eigenvalue weighted by Gasteiger charge is -2.24. The first-order chi connectivity index (χ1) is 9.60. The molecule has 112 valence electrons. The third-order valence-electron chi connectivity index (χ3n) is 2.71. The number of ether oxygens (including phenoxy) is 2. The Kier molecular flexibility index (Phi) is 6.89. The number of hydrogen-bond acceptors (Lipinski definition) is 5. The zero-order chi connectivity index (χ0) is 15.0. The van der Waals surface area contributed by atoms with E-state index in [4.69, 9.17) is 14.6 Å². The van der Waals surface area contributed by atoms with Crippen molar-refractivity contribution < 1.29 is 23.8 Å². The molecule has 0 aliphatic rings. The number of hydrogen-bond donors (Lipinski definition) is 1. The minimum Gasteiger partial charge on any atom is -0.478 e. The molecular weight excluding hydrogens is 267 g/mol. The zero-order valence-electron chi connectivity index (χ0n) is 11.6. The second-order valence-electron chi connectivity index (χ2n) is 4.16. The number of carboxylic acid groups (broad SMARTS) is 1. The van der Waals surface area contributed by atoms with Crippen molar-refractivity contribution in [3.05, 3.63) is 23.6 Å². The number of carboxylic acids is 1. The van der Waals surface area contributed by atoms with Gasteiger partial charge in [-0.15, -0.1) is 0 Å². The molecule has 1 heterocycles. The smallest absolute Gasteiger partial charge is 0.339 e. The third-order valence-corrected chi connectivity index (χ3v) is 2.71. The largest absolute Gasteiger partial charge is 0.478 e. The van der Waals surface area contributed by atoms with Crippen molar-refractivity contribution in [3.8, 4) is 0 Å². The highest BCUT2D eigenvalue weighted by molar-refractivity contribution is 5.93. The van der Waals surface area contributed by atoms with Crippen LogP contribution in [0.4, 0.5) is 10.2 Å². The van der Waals surface area contributed by atoms with Gasteiger partial charge in [-0.05, 0) is 12.5 Å². The van der Waals surface area contributed by atoms with Crippen molar-refractivity contribution in [3.63, 3.8) is 0 Å². The number of pyridine rings is 1. The lowest BCUT2D eigenvalue weighted by atomic mass is 10.2. The van der Waals surface area contributed by atoms with E-state index >= 15 is 0 Å². The summed E-state index contributed by atoms with van der Waals surface area (Å²) in [6.45, 7) is 1.99. The highest BCUT2D eigenvalue weighted by Gasteiger charge is 2.18. The lowest BCUT2D eigenvalue weighted by Crippen LogP contribution is -2.31. The Bertz CT molecular complexity index is 442. The number of nitrogens with zero attached hydrogens (tertiary/aromatic N) is 2. The van der Waals surface area contributed by atoms with Crippen LogP contribution in [0.25, 0.3) is 0 Å². The first-order valence-electron chi connectivity index (χ1n) is 6.21. The van der Waals surface area contributed by atoms with Gasteiger partial charge in [0.2, 0.25) is 0 Å². The van der Waals surface area contributed by atoms with Gasteiger partial charge in [0.25, 0.3) is 0 Å². The molecule has 0 fully saturated rings. The molecule has 0 saturated heterocycles. The summed E-state index contributed by atoms with van der Waals surface area (Å²) in [4.78, 5) is 16.9. The van der Waals surface area contributed by atoms with Gasteiger partial charge < -0.3 is 19.5 Å². The average molecular weight is 286 g/mol. The summed E-state index contributed by atoms with van der Waals surface area (Å²) in [6.07, 6.45) is 1.72. The molecule has 0 unspecified atom stereocenters. The van der Waals surface area contributed by atoms with E-state index in [9.17, 15) is 9.18 Å². The van der Waals surface area contributed by atoms with E-state index in [-0.39, 0.29) is 11.4 Å². The van der Waals surface area contributed by atoms with Crippen LogP contribution in [-0.2, 0) is 9.47 Å². The molecule has 0 spiro atoms. The van der Waals surface area contributed by atoms with E-state index in [1.165, 1.54) is 0 Å². The Balaban J connectivity index is 2.95. The quantitative estimate of drug-likeness (QED) is 0.692. The second kappa shape index (κ2) is 8.44. The maximum Gasteiger partial charge on any atom is 0.339 e. The number of anilines is 1. The molecule has 1 rings (SSSR count). The molecule has 1 aromatic heterocycles. The molecule has 0 radical (unpaired) electrons. The summed E-state index contributed by atoms with van der Waals surface area (Å²) in [7, 11) is 3.15. The standard InChI is InChI=1S/C13H19FN2O4/c1-19-6-3-4-16(5-7-20-2)12-11(13(17)18)8-10(14)9-15-12/h8-9H,3-7H2,1-2H3,(H,17,18). The first-order valence-corrected chi connectivity index (χ1v) is 6.21.